The van der Waals surface area contributed by atoms with E-state index in [1.807, 2.05) is 0 Å². The van der Waals surface area contributed by atoms with Gasteiger partial charge in [0.2, 0.25) is 0 Å². The van der Waals surface area contributed by atoms with E-state index in [2.05, 4.69) is 28.1 Å². The molecule has 0 aliphatic carbocycles. The molecule has 0 aromatic heterocycles. The molecule has 0 saturated heterocycles. The second-order valence-electron chi connectivity index (χ2n) is 11.2. The first-order chi connectivity index (χ1) is 16.4. The molecule has 6 heteroatoms. The van der Waals surface area contributed by atoms with Gasteiger partial charge in [-0.3, -0.25) is 0 Å². The van der Waals surface area contributed by atoms with Crippen molar-refractivity contribution in [2.45, 2.75) is 128 Å². The van der Waals surface area contributed by atoms with Crippen molar-refractivity contribution in [3.05, 3.63) is 0 Å². The molecule has 0 aromatic rings. The van der Waals surface area contributed by atoms with Gasteiger partial charge in [-0.2, -0.15) is 0 Å². The van der Waals surface area contributed by atoms with E-state index in [0.717, 1.165) is 43.4 Å². The lowest BCUT2D eigenvalue weighted by atomic mass is 10.0. The smallest absolute Gasteiger partial charge is 0.104 e. The maximum absolute atomic E-state index is 9.95. The van der Waals surface area contributed by atoms with Gasteiger partial charge in [-0.25, -0.2) is 0 Å². The Bertz CT molecular complexity index is 407. The second kappa shape index (κ2) is 27.3. The van der Waals surface area contributed by atoms with Crippen molar-refractivity contribution in [1.82, 2.24) is 0 Å². The van der Waals surface area contributed by atoms with Crippen molar-refractivity contribution in [3.8, 4) is 0 Å². The number of hydrogen-bond acceptors (Lipinski definition) is 4. The number of hydrogen-bond donors (Lipinski definition) is 1. The molecule has 0 radical (unpaired) electrons. The Hall–Kier alpha value is 0.280. The Balaban J connectivity index is 0. The average molecular weight is 569 g/mol. The van der Waals surface area contributed by atoms with Crippen LogP contribution in [-0.4, -0.2) is 83.0 Å². The van der Waals surface area contributed by atoms with Gasteiger partial charge in [0.25, 0.3) is 0 Å². The molecular formula is C29H62BrNO4. The predicted molar refractivity (Wildman–Crippen MR) is 146 cm³/mol. The Morgan fingerprint density at radius 3 is 1.51 bits per heavy atom. The monoisotopic (exact) mass is 567 g/mol. The van der Waals surface area contributed by atoms with E-state index in [0.29, 0.717) is 13.2 Å². The first kappa shape index (κ1) is 37.4. The molecule has 35 heavy (non-hydrogen) atoms. The van der Waals surface area contributed by atoms with Crippen LogP contribution in [0, 0.1) is 0 Å². The summed E-state index contributed by atoms with van der Waals surface area (Å²) in [6, 6.07) is 0. The minimum absolute atomic E-state index is 0. The largest absolute Gasteiger partial charge is 1.00 e. The zero-order valence-corrected chi connectivity index (χ0v) is 25.8. The number of aliphatic hydroxyl groups excluding tert-OH is 1. The summed E-state index contributed by atoms with van der Waals surface area (Å²) in [4.78, 5) is 0. The van der Waals surface area contributed by atoms with Crippen molar-refractivity contribution in [1.29, 1.82) is 0 Å². The lowest BCUT2D eigenvalue weighted by Crippen LogP contribution is -3.00. The van der Waals surface area contributed by atoms with Crippen LogP contribution in [0.3, 0.4) is 0 Å². The summed E-state index contributed by atoms with van der Waals surface area (Å²) in [5, 5.41) is 9.95. The minimum Gasteiger partial charge on any atom is -1.00 e. The van der Waals surface area contributed by atoms with Crippen LogP contribution in [0.1, 0.15) is 116 Å². The molecule has 214 valence electrons. The van der Waals surface area contributed by atoms with Crippen molar-refractivity contribution >= 4 is 0 Å². The van der Waals surface area contributed by atoms with Crippen LogP contribution in [0.2, 0.25) is 0 Å². The molecule has 0 rings (SSSR count). The van der Waals surface area contributed by atoms with Gasteiger partial charge in [0, 0.05) is 20.3 Å². The Kier molecular flexibility index (Phi) is 29.2. The predicted octanol–water partition coefficient (Wildman–Crippen LogP) is 3.76. The maximum Gasteiger partial charge on any atom is 0.104 e. The number of nitrogens with zero attached hydrogens (tertiary/aromatic N) is 1. The molecule has 2 atom stereocenters. The number of rotatable bonds is 27. The number of methoxy groups -OCH3 is 1. The summed E-state index contributed by atoms with van der Waals surface area (Å²) >= 11 is 0. The lowest BCUT2D eigenvalue weighted by Gasteiger charge is -2.23. The third-order valence-corrected chi connectivity index (χ3v) is 6.53. The minimum atomic E-state index is -0.0618. The summed E-state index contributed by atoms with van der Waals surface area (Å²) in [7, 11) is 8.47. The van der Waals surface area contributed by atoms with Gasteiger partial charge in [0.1, 0.15) is 6.10 Å². The topological polar surface area (TPSA) is 47.9 Å². The summed E-state index contributed by atoms with van der Waals surface area (Å²) in [6.45, 7) is 6.34. The quantitative estimate of drug-likeness (QED) is 0.121. The molecule has 0 amide bonds. The highest BCUT2D eigenvalue weighted by atomic mass is 79.9. The summed E-state index contributed by atoms with van der Waals surface area (Å²) in [5.74, 6) is 0. The molecule has 0 spiro atoms. The molecule has 2 unspecified atom stereocenters. The average Bonchev–Trinajstić information content (AvgIpc) is 2.79. The van der Waals surface area contributed by atoms with E-state index in [1.165, 1.54) is 90.0 Å². The Morgan fingerprint density at radius 2 is 1.06 bits per heavy atom. The molecule has 0 fully saturated rings. The van der Waals surface area contributed by atoms with Gasteiger partial charge in [0.15, 0.2) is 0 Å². The number of aliphatic hydroxyl groups is 1. The highest BCUT2D eigenvalue weighted by molar-refractivity contribution is 4.57. The standard InChI is InChI=1S/C29H62NO4.BrH/c1-6-7-16-21-28(31)22-17-13-11-9-8-10-12-14-19-24-33-26-29(32-5)27-34-25-20-15-18-23-30(2,3)4;/h28-29,31H,6-27H2,1-5H3;1H/q+1;/p-1. The summed E-state index contributed by atoms with van der Waals surface area (Å²) in [6.07, 6.45) is 20.8. The van der Waals surface area contributed by atoms with Crippen LogP contribution >= 0.6 is 0 Å². The lowest BCUT2D eigenvalue weighted by molar-refractivity contribution is -0.870. The second-order valence-corrected chi connectivity index (χ2v) is 11.2. The number of quaternary nitrogens is 1. The maximum atomic E-state index is 9.95. The van der Waals surface area contributed by atoms with Crippen molar-refractivity contribution < 1.29 is 40.8 Å². The van der Waals surface area contributed by atoms with Crippen LogP contribution in [0.25, 0.3) is 0 Å². The van der Waals surface area contributed by atoms with Crippen molar-refractivity contribution in [2.24, 2.45) is 0 Å². The van der Waals surface area contributed by atoms with Gasteiger partial charge in [0.05, 0.1) is 47.0 Å². The van der Waals surface area contributed by atoms with Crippen LogP contribution in [-0.2, 0) is 14.2 Å². The first-order valence-corrected chi connectivity index (χ1v) is 14.6. The van der Waals surface area contributed by atoms with Gasteiger partial charge in [-0.15, -0.1) is 0 Å². The molecule has 0 bridgehead atoms. The fourth-order valence-corrected chi connectivity index (χ4v) is 4.18. The van der Waals surface area contributed by atoms with E-state index in [9.17, 15) is 5.11 Å². The van der Waals surface area contributed by atoms with E-state index in [-0.39, 0.29) is 29.2 Å². The molecule has 5 nitrogen and oxygen atoms in total. The molecule has 1 N–H and O–H groups in total. The van der Waals surface area contributed by atoms with Crippen molar-refractivity contribution in [3.63, 3.8) is 0 Å². The van der Waals surface area contributed by atoms with Gasteiger partial charge >= 0.3 is 0 Å². The van der Waals surface area contributed by atoms with E-state index in [1.54, 1.807) is 7.11 Å². The Morgan fingerprint density at radius 1 is 0.629 bits per heavy atom. The van der Waals surface area contributed by atoms with Crippen LogP contribution in [0.4, 0.5) is 0 Å². The molecule has 0 aromatic carbocycles. The first-order valence-electron chi connectivity index (χ1n) is 14.6. The van der Waals surface area contributed by atoms with Crippen LogP contribution < -0.4 is 17.0 Å². The number of halogens is 1. The zero-order valence-electron chi connectivity index (χ0n) is 24.2. The summed E-state index contributed by atoms with van der Waals surface area (Å²) in [5.41, 5.74) is 0. The zero-order chi connectivity index (χ0) is 25.3. The van der Waals surface area contributed by atoms with Gasteiger partial charge < -0.3 is 40.8 Å². The Labute approximate surface area is 230 Å². The van der Waals surface area contributed by atoms with Crippen molar-refractivity contribution in [2.75, 3.05) is 61.2 Å². The normalized spacial score (nSPS) is 13.5. The molecule has 0 saturated carbocycles. The third kappa shape index (κ3) is 30.4. The van der Waals surface area contributed by atoms with Gasteiger partial charge in [-0.05, 0) is 38.5 Å². The fraction of sp³-hybridized carbons (Fsp3) is 1.00. The molecule has 0 aliphatic heterocycles. The van der Waals surface area contributed by atoms with Crippen LogP contribution in [0.15, 0.2) is 0 Å². The SMILES string of the molecule is CCCCCC(O)CCCCCCCCCCCOCC(COCCCCC[N+](C)(C)C)OC.[Br-]. The third-order valence-electron chi connectivity index (χ3n) is 6.53. The molecule has 0 heterocycles. The number of ether oxygens (including phenoxy) is 3. The fourth-order valence-electron chi connectivity index (χ4n) is 4.18. The number of unbranched alkanes of at least 4 members (excludes halogenated alkanes) is 12. The van der Waals surface area contributed by atoms with E-state index >= 15 is 0 Å². The van der Waals surface area contributed by atoms with E-state index < -0.39 is 0 Å². The van der Waals surface area contributed by atoms with Crippen LogP contribution in [0.5, 0.6) is 0 Å². The highest BCUT2D eigenvalue weighted by Gasteiger charge is 2.09. The molecule has 0 aliphatic rings. The highest BCUT2D eigenvalue weighted by Crippen LogP contribution is 2.14. The summed E-state index contributed by atoms with van der Waals surface area (Å²) < 4.78 is 18.1. The van der Waals surface area contributed by atoms with Gasteiger partial charge in [-0.1, -0.05) is 77.6 Å². The molecular weight excluding hydrogens is 506 g/mol. The van der Waals surface area contributed by atoms with E-state index in [4.69, 9.17) is 14.2 Å².